The summed E-state index contributed by atoms with van der Waals surface area (Å²) in [7, 11) is -3.50. The van der Waals surface area contributed by atoms with Gasteiger partial charge in [0.2, 0.25) is 5.95 Å². The first kappa shape index (κ1) is 22.4. The zero-order valence-electron chi connectivity index (χ0n) is 16.4. The molecule has 1 aromatic heterocycles. The number of ether oxygens (including phenoxy) is 2. The summed E-state index contributed by atoms with van der Waals surface area (Å²) in [6.45, 7) is -2.89. The Bertz CT molecular complexity index is 1090. The number of anilines is 2. The van der Waals surface area contributed by atoms with Crippen molar-refractivity contribution in [3.8, 4) is 22.6 Å². The number of nitrogens with one attached hydrogen (secondary N) is 1. The SMILES string of the molecule is CS(=O)(=O)OCCOc1cccc(Nc2ncc(-c3ccc(OC(F)F)cc3)cn2)c1. The summed E-state index contributed by atoms with van der Waals surface area (Å²) in [5.74, 6) is 0.937. The minimum Gasteiger partial charge on any atom is -0.491 e. The molecule has 164 valence electrons. The molecule has 0 spiro atoms. The van der Waals surface area contributed by atoms with E-state index in [0.29, 0.717) is 22.9 Å². The second-order valence-corrected chi connectivity index (χ2v) is 7.87. The maximum atomic E-state index is 12.2. The number of benzene rings is 2. The van der Waals surface area contributed by atoms with Gasteiger partial charge < -0.3 is 14.8 Å². The predicted octanol–water partition coefficient (Wildman–Crippen LogP) is 3.84. The molecule has 0 atom stereocenters. The summed E-state index contributed by atoms with van der Waals surface area (Å²) in [6.07, 6.45) is 4.17. The first-order chi connectivity index (χ1) is 14.8. The van der Waals surface area contributed by atoms with Crippen LogP contribution in [0.2, 0.25) is 0 Å². The number of nitrogens with zero attached hydrogens (tertiary/aromatic N) is 2. The van der Waals surface area contributed by atoms with Crippen LogP contribution in [0.15, 0.2) is 60.9 Å². The molecule has 0 fully saturated rings. The summed E-state index contributed by atoms with van der Waals surface area (Å²) in [5.41, 5.74) is 2.12. The zero-order valence-corrected chi connectivity index (χ0v) is 17.2. The Hall–Kier alpha value is -3.31. The molecule has 11 heteroatoms. The smallest absolute Gasteiger partial charge is 0.387 e. The van der Waals surface area contributed by atoms with E-state index in [9.17, 15) is 17.2 Å². The summed E-state index contributed by atoms with van der Waals surface area (Å²) >= 11 is 0. The number of hydrogen-bond acceptors (Lipinski definition) is 8. The summed E-state index contributed by atoms with van der Waals surface area (Å²) in [6, 6.07) is 13.1. The first-order valence-corrected chi connectivity index (χ1v) is 10.8. The van der Waals surface area contributed by atoms with Gasteiger partial charge >= 0.3 is 6.61 Å². The Morgan fingerprint density at radius 1 is 0.968 bits per heavy atom. The van der Waals surface area contributed by atoms with Crippen LogP contribution in [-0.4, -0.2) is 44.5 Å². The maximum absolute atomic E-state index is 12.2. The number of hydrogen-bond donors (Lipinski definition) is 1. The van der Waals surface area contributed by atoms with Crippen LogP contribution in [0.4, 0.5) is 20.4 Å². The van der Waals surface area contributed by atoms with Crippen molar-refractivity contribution < 1.29 is 30.9 Å². The van der Waals surface area contributed by atoms with Crippen molar-refractivity contribution >= 4 is 21.8 Å². The number of aromatic nitrogens is 2. The highest BCUT2D eigenvalue weighted by atomic mass is 32.2. The second-order valence-electron chi connectivity index (χ2n) is 6.23. The van der Waals surface area contributed by atoms with Gasteiger partial charge in [0.25, 0.3) is 10.1 Å². The van der Waals surface area contributed by atoms with Gasteiger partial charge in [0.15, 0.2) is 0 Å². The summed E-state index contributed by atoms with van der Waals surface area (Å²) < 4.78 is 60.7. The highest BCUT2D eigenvalue weighted by Crippen LogP contribution is 2.24. The molecule has 0 radical (unpaired) electrons. The zero-order chi connectivity index (χ0) is 22.3. The van der Waals surface area contributed by atoms with Gasteiger partial charge in [-0.2, -0.15) is 17.2 Å². The lowest BCUT2D eigenvalue weighted by Crippen LogP contribution is -2.11. The van der Waals surface area contributed by atoms with Crippen molar-refractivity contribution in [2.45, 2.75) is 6.61 Å². The topological polar surface area (TPSA) is 99.6 Å². The molecule has 0 saturated carbocycles. The van der Waals surface area contributed by atoms with E-state index in [-0.39, 0.29) is 19.0 Å². The molecule has 1 N–H and O–H groups in total. The molecular weight excluding hydrogens is 432 g/mol. The standard InChI is InChI=1S/C20H19F2N3O5S/c1-31(26,27)29-10-9-28-18-4-2-3-16(11-18)25-20-23-12-15(13-24-20)14-5-7-17(8-6-14)30-19(21)22/h2-8,11-13,19H,9-10H2,1H3,(H,23,24,25). The molecule has 31 heavy (non-hydrogen) atoms. The van der Waals surface area contributed by atoms with Crippen LogP contribution in [0, 0.1) is 0 Å². The van der Waals surface area contributed by atoms with E-state index in [1.807, 2.05) is 0 Å². The lowest BCUT2D eigenvalue weighted by Gasteiger charge is -2.09. The van der Waals surface area contributed by atoms with Gasteiger partial charge in [0.1, 0.15) is 24.7 Å². The Morgan fingerprint density at radius 3 is 2.32 bits per heavy atom. The van der Waals surface area contributed by atoms with Crippen molar-refractivity contribution in [3.05, 3.63) is 60.9 Å². The fourth-order valence-electron chi connectivity index (χ4n) is 2.51. The van der Waals surface area contributed by atoms with Crippen molar-refractivity contribution in [2.24, 2.45) is 0 Å². The third-order valence-electron chi connectivity index (χ3n) is 3.80. The summed E-state index contributed by atoms with van der Waals surface area (Å²) in [4.78, 5) is 8.50. The molecule has 3 rings (SSSR count). The normalized spacial score (nSPS) is 11.4. The molecular formula is C20H19F2N3O5S. The van der Waals surface area contributed by atoms with Gasteiger partial charge in [-0.15, -0.1) is 0 Å². The van der Waals surface area contributed by atoms with E-state index in [1.54, 1.807) is 48.8 Å². The molecule has 3 aromatic rings. The van der Waals surface area contributed by atoms with E-state index in [2.05, 4.69) is 24.2 Å². The van der Waals surface area contributed by atoms with Crippen LogP contribution in [0.1, 0.15) is 0 Å². The Kier molecular flexibility index (Phi) is 7.32. The monoisotopic (exact) mass is 451 g/mol. The van der Waals surface area contributed by atoms with Gasteiger partial charge in [-0.05, 0) is 29.8 Å². The van der Waals surface area contributed by atoms with Crippen LogP contribution in [0.3, 0.4) is 0 Å². The largest absolute Gasteiger partial charge is 0.491 e. The van der Waals surface area contributed by atoms with E-state index in [0.717, 1.165) is 11.8 Å². The maximum Gasteiger partial charge on any atom is 0.387 e. The average Bonchev–Trinajstić information content (AvgIpc) is 2.72. The van der Waals surface area contributed by atoms with Crippen molar-refractivity contribution in [2.75, 3.05) is 24.8 Å². The molecule has 0 aliphatic rings. The molecule has 2 aromatic carbocycles. The highest BCUT2D eigenvalue weighted by Gasteiger charge is 2.06. The van der Waals surface area contributed by atoms with Crippen LogP contribution in [0.25, 0.3) is 11.1 Å². The van der Waals surface area contributed by atoms with Crippen molar-refractivity contribution in [3.63, 3.8) is 0 Å². The molecule has 1 heterocycles. The number of halogens is 2. The fraction of sp³-hybridized carbons (Fsp3) is 0.200. The van der Waals surface area contributed by atoms with Crippen LogP contribution in [-0.2, 0) is 14.3 Å². The van der Waals surface area contributed by atoms with Crippen LogP contribution < -0.4 is 14.8 Å². The second kappa shape index (κ2) is 10.1. The molecule has 0 bridgehead atoms. The molecule has 0 amide bonds. The third kappa shape index (κ3) is 7.46. The van der Waals surface area contributed by atoms with E-state index in [1.165, 1.54) is 12.1 Å². The predicted molar refractivity (Wildman–Crippen MR) is 110 cm³/mol. The first-order valence-electron chi connectivity index (χ1n) is 9.00. The molecule has 8 nitrogen and oxygen atoms in total. The Morgan fingerprint density at radius 2 is 1.68 bits per heavy atom. The third-order valence-corrected chi connectivity index (χ3v) is 4.40. The van der Waals surface area contributed by atoms with Gasteiger partial charge in [-0.3, -0.25) is 4.18 Å². The van der Waals surface area contributed by atoms with E-state index in [4.69, 9.17) is 4.74 Å². The van der Waals surface area contributed by atoms with Gasteiger partial charge in [-0.25, -0.2) is 9.97 Å². The lowest BCUT2D eigenvalue weighted by molar-refractivity contribution is -0.0498. The quantitative estimate of drug-likeness (QED) is 0.367. The average molecular weight is 451 g/mol. The lowest BCUT2D eigenvalue weighted by atomic mass is 10.1. The van der Waals surface area contributed by atoms with Crippen molar-refractivity contribution in [1.29, 1.82) is 0 Å². The van der Waals surface area contributed by atoms with E-state index >= 15 is 0 Å². The number of alkyl halides is 2. The summed E-state index contributed by atoms with van der Waals surface area (Å²) in [5, 5.41) is 3.04. The Balaban J connectivity index is 1.58. The van der Waals surface area contributed by atoms with Gasteiger partial charge in [-0.1, -0.05) is 18.2 Å². The molecule has 0 unspecified atom stereocenters. The molecule has 0 aliphatic heterocycles. The fourth-order valence-corrected chi connectivity index (χ4v) is 2.88. The number of rotatable bonds is 10. The highest BCUT2D eigenvalue weighted by molar-refractivity contribution is 7.85. The van der Waals surface area contributed by atoms with Crippen LogP contribution in [0.5, 0.6) is 11.5 Å². The molecule has 0 aliphatic carbocycles. The van der Waals surface area contributed by atoms with E-state index < -0.39 is 16.7 Å². The minimum absolute atomic E-state index is 0.0722. The van der Waals surface area contributed by atoms with Gasteiger partial charge in [0.05, 0.1) is 6.26 Å². The van der Waals surface area contributed by atoms with Gasteiger partial charge in [0, 0.05) is 29.7 Å². The van der Waals surface area contributed by atoms with Crippen molar-refractivity contribution in [1.82, 2.24) is 9.97 Å². The minimum atomic E-state index is -3.50. The van der Waals surface area contributed by atoms with Crippen LogP contribution >= 0.6 is 0 Å². The Labute approximate surface area is 178 Å². The molecule has 0 saturated heterocycles.